The highest BCUT2D eigenvalue weighted by Crippen LogP contribution is 2.28. The van der Waals surface area contributed by atoms with Crippen LogP contribution in [0.15, 0.2) is 16.7 Å². The molecule has 72 valence electrons. The first-order valence-electron chi connectivity index (χ1n) is 3.05. The van der Waals surface area contributed by atoms with Crippen molar-refractivity contribution in [3.63, 3.8) is 0 Å². The first kappa shape index (κ1) is 10.1. The Morgan fingerprint density at radius 3 is 2.54 bits per heavy atom. The minimum Gasteiger partial charge on any atom is -0.397 e. The molecule has 0 unspecified atom stereocenters. The van der Waals surface area contributed by atoms with Crippen LogP contribution in [-0.4, -0.2) is 11.3 Å². The quantitative estimate of drug-likeness (QED) is 0.839. The van der Waals surface area contributed by atoms with Crippen LogP contribution in [0.5, 0.6) is 5.88 Å². The lowest BCUT2D eigenvalue weighted by Crippen LogP contribution is -2.18. The molecule has 1 heterocycles. The molecule has 1 rings (SSSR count). The van der Waals surface area contributed by atoms with Gasteiger partial charge in [0.2, 0.25) is 5.88 Å². The number of nitrogens with two attached hydrogens (primary N) is 1. The fourth-order valence-electron chi connectivity index (χ4n) is 0.625. The van der Waals surface area contributed by atoms with Crippen LogP contribution in [0.4, 0.5) is 18.9 Å². The normalized spacial score (nSPS) is 11.4. The first-order valence-corrected chi connectivity index (χ1v) is 3.84. The molecule has 0 aliphatic heterocycles. The number of nitrogen functional groups attached to an aromatic ring is 1. The predicted octanol–water partition coefficient (Wildman–Crippen LogP) is 2.32. The predicted molar refractivity (Wildman–Crippen MR) is 43.0 cm³/mol. The Balaban J connectivity index is 2.90. The molecule has 0 fully saturated rings. The smallest absolute Gasteiger partial charge is 0.397 e. The molecule has 1 aromatic rings. The average molecular weight is 257 g/mol. The van der Waals surface area contributed by atoms with E-state index in [4.69, 9.17) is 5.73 Å². The van der Waals surface area contributed by atoms with Crippen LogP contribution < -0.4 is 10.5 Å². The van der Waals surface area contributed by atoms with E-state index >= 15 is 0 Å². The maximum absolute atomic E-state index is 11.7. The number of aromatic nitrogens is 1. The van der Waals surface area contributed by atoms with E-state index in [-0.39, 0.29) is 10.2 Å². The molecule has 0 saturated carbocycles. The minimum atomic E-state index is -4.74. The summed E-state index contributed by atoms with van der Waals surface area (Å²) in [6, 6.07) is 1.27. The molecule has 0 radical (unpaired) electrons. The summed E-state index contributed by atoms with van der Waals surface area (Å²) < 4.78 is 38.8. The van der Waals surface area contributed by atoms with Gasteiger partial charge in [0, 0.05) is 0 Å². The van der Waals surface area contributed by atoms with E-state index in [9.17, 15) is 13.2 Å². The number of halogens is 4. The molecule has 0 aliphatic rings. The molecule has 13 heavy (non-hydrogen) atoms. The zero-order valence-corrected chi connectivity index (χ0v) is 7.69. The van der Waals surface area contributed by atoms with Gasteiger partial charge in [-0.15, -0.1) is 13.2 Å². The number of anilines is 1. The highest BCUT2D eigenvalue weighted by molar-refractivity contribution is 9.10. The number of nitrogens with zero attached hydrogens (tertiary/aromatic N) is 1. The van der Waals surface area contributed by atoms with Crippen molar-refractivity contribution in [3.05, 3.63) is 16.7 Å². The fraction of sp³-hybridized carbons (Fsp3) is 0.167. The molecule has 0 saturated heterocycles. The van der Waals surface area contributed by atoms with E-state index < -0.39 is 12.2 Å². The number of rotatable bonds is 1. The van der Waals surface area contributed by atoms with Crippen LogP contribution in [0.25, 0.3) is 0 Å². The second kappa shape index (κ2) is 3.41. The van der Waals surface area contributed by atoms with Gasteiger partial charge in [-0.2, -0.15) is 0 Å². The van der Waals surface area contributed by atoms with E-state index in [1.54, 1.807) is 0 Å². The summed E-state index contributed by atoms with van der Waals surface area (Å²) >= 11 is 2.83. The second-order valence-electron chi connectivity index (χ2n) is 2.10. The molecule has 0 amide bonds. The highest BCUT2D eigenvalue weighted by Gasteiger charge is 2.32. The van der Waals surface area contributed by atoms with E-state index in [1.165, 1.54) is 6.07 Å². The molecule has 1 aromatic heterocycles. The van der Waals surface area contributed by atoms with E-state index in [0.29, 0.717) is 0 Å². The van der Waals surface area contributed by atoms with Gasteiger partial charge < -0.3 is 10.5 Å². The molecular weight excluding hydrogens is 253 g/mol. The topological polar surface area (TPSA) is 48.1 Å². The Morgan fingerprint density at radius 1 is 1.46 bits per heavy atom. The summed E-state index contributed by atoms with van der Waals surface area (Å²) in [4.78, 5) is 3.35. The molecule has 2 N–H and O–H groups in total. The summed E-state index contributed by atoms with van der Waals surface area (Å²) in [5.74, 6) is -0.554. The molecule has 0 aromatic carbocycles. The highest BCUT2D eigenvalue weighted by atomic mass is 79.9. The van der Waals surface area contributed by atoms with Crippen LogP contribution in [-0.2, 0) is 0 Å². The summed E-state index contributed by atoms with van der Waals surface area (Å²) in [5.41, 5.74) is 5.51. The average Bonchev–Trinajstić information content (AvgIpc) is 1.93. The van der Waals surface area contributed by atoms with Crippen LogP contribution in [0.2, 0.25) is 0 Å². The van der Waals surface area contributed by atoms with E-state index in [2.05, 4.69) is 25.7 Å². The van der Waals surface area contributed by atoms with Gasteiger partial charge in [0.1, 0.15) is 0 Å². The van der Waals surface area contributed by atoms with Gasteiger partial charge >= 0.3 is 6.36 Å². The van der Waals surface area contributed by atoms with Crippen molar-refractivity contribution < 1.29 is 17.9 Å². The zero-order valence-electron chi connectivity index (χ0n) is 6.10. The van der Waals surface area contributed by atoms with Gasteiger partial charge in [-0.1, -0.05) is 0 Å². The van der Waals surface area contributed by atoms with Crippen LogP contribution >= 0.6 is 15.9 Å². The lowest BCUT2D eigenvalue weighted by molar-refractivity contribution is -0.276. The Hall–Kier alpha value is -0.980. The van der Waals surface area contributed by atoms with Crippen LogP contribution in [0.3, 0.4) is 0 Å². The monoisotopic (exact) mass is 256 g/mol. The number of hydrogen-bond donors (Lipinski definition) is 1. The molecule has 0 bridgehead atoms. The maximum atomic E-state index is 11.7. The number of alkyl halides is 3. The van der Waals surface area contributed by atoms with Gasteiger partial charge in [0.25, 0.3) is 0 Å². The number of hydrogen-bond acceptors (Lipinski definition) is 3. The van der Waals surface area contributed by atoms with E-state index in [1.807, 2.05) is 0 Å². The maximum Gasteiger partial charge on any atom is 0.574 e. The van der Waals surface area contributed by atoms with Crippen LogP contribution in [0, 0.1) is 0 Å². The number of ether oxygens (including phenoxy) is 1. The summed E-state index contributed by atoms with van der Waals surface area (Å²) in [6.45, 7) is 0. The third-order valence-corrected chi connectivity index (χ3v) is 1.61. The molecule has 0 aliphatic carbocycles. The molecule has 3 nitrogen and oxygen atoms in total. The van der Waals surface area contributed by atoms with Crippen molar-refractivity contribution in [2.24, 2.45) is 0 Å². The summed E-state index contributed by atoms with van der Waals surface area (Å²) in [6.07, 6.45) is -3.67. The Morgan fingerprint density at radius 2 is 2.08 bits per heavy atom. The Bertz CT molecular complexity index is 315. The lowest BCUT2D eigenvalue weighted by Gasteiger charge is -2.08. The van der Waals surface area contributed by atoms with Crippen molar-refractivity contribution in [1.82, 2.24) is 4.98 Å². The Kier molecular flexibility index (Phi) is 2.65. The molecular formula is C6H4BrF3N2O. The second-order valence-corrected chi connectivity index (χ2v) is 2.96. The van der Waals surface area contributed by atoms with Gasteiger partial charge in [-0.05, 0) is 22.0 Å². The van der Waals surface area contributed by atoms with Crippen molar-refractivity contribution in [2.75, 3.05) is 5.73 Å². The van der Waals surface area contributed by atoms with Crippen molar-refractivity contribution in [3.8, 4) is 5.88 Å². The fourth-order valence-corrected chi connectivity index (χ4v) is 1.07. The third kappa shape index (κ3) is 3.10. The van der Waals surface area contributed by atoms with Gasteiger partial charge in [-0.3, -0.25) is 0 Å². The summed E-state index contributed by atoms with van der Waals surface area (Å²) in [5, 5.41) is 0. The largest absolute Gasteiger partial charge is 0.574 e. The van der Waals surface area contributed by atoms with Gasteiger partial charge in [0.15, 0.2) is 0 Å². The van der Waals surface area contributed by atoms with Crippen molar-refractivity contribution >= 4 is 21.6 Å². The summed E-state index contributed by atoms with van der Waals surface area (Å²) in [7, 11) is 0. The lowest BCUT2D eigenvalue weighted by atomic mass is 10.4. The third-order valence-electron chi connectivity index (χ3n) is 1.04. The van der Waals surface area contributed by atoms with Gasteiger partial charge in [0.05, 0.1) is 16.4 Å². The van der Waals surface area contributed by atoms with E-state index in [0.717, 1.165) is 6.20 Å². The van der Waals surface area contributed by atoms with Crippen molar-refractivity contribution in [1.29, 1.82) is 0 Å². The molecule has 7 heteroatoms. The SMILES string of the molecule is Nc1cnc(OC(F)(F)F)c(Br)c1. The Labute approximate surface area is 79.8 Å². The molecule has 0 spiro atoms. The standard InChI is InChI=1S/C6H4BrF3N2O/c7-4-1-3(11)2-12-5(4)13-6(8,9)10/h1-2H,11H2. The van der Waals surface area contributed by atoms with Crippen LogP contribution in [0.1, 0.15) is 0 Å². The number of pyridine rings is 1. The zero-order chi connectivity index (χ0) is 10.1. The van der Waals surface area contributed by atoms with Gasteiger partial charge in [-0.25, -0.2) is 4.98 Å². The minimum absolute atomic E-state index is 0.0600. The first-order chi connectivity index (χ1) is 5.88. The van der Waals surface area contributed by atoms with Crippen molar-refractivity contribution in [2.45, 2.75) is 6.36 Å². The molecule has 0 atom stereocenters.